The lowest BCUT2D eigenvalue weighted by atomic mass is 10.0. The molecule has 136 valence electrons. The molecule has 0 fully saturated rings. The summed E-state index contributed by atoms with van der Waals surface area (Å²) < 4.78 is 11.0. The number of benzene rings is 1. The third-order valence-electron chi connectivity index (χ3n) is 4.09. The van der Waals surface area contributed by atoms with Crippen molar-refractivity contribution in [1.29, 1.82) is 0 Å². The van der Waals surface area contributed by atoms with Gasteiger partial charge >= 0.3 is 0 Å². The van der Waals surface area contributed by atoms with Crippen LogP contribution in [0.1, 0.15) is 25.8 Å². The van der Waals surface area contributed by atoms with E-state index >= 15 is 0 Å². The molecule has 0 bridgehead atoms. The molecular formula is C17H26Cl2N2O3. The normalized spacial score (nSPS) is 14.1. The smallest absolute Gasteiger partial charge is 0.226 e. The number of ether oxygens (including phenoxy) is 2. The fourth-order valence-electron chi connectivity index (χ4n) is 2.38. The largest absolute Gasteiger partial charge is 0.486 e. The van der Waals surface area contributed by atoms with Gasteiger partial charge in [0.1, 0.15) is 13.2 Å². The molecule has 1 heterocycles. The molecule has 2 N–H and O–H groups in total. The number of carbonyl (C=O) groups excluding carboxylic acids is 1. The Morgan fingerprint density at radius 2 is 2.00 bits per heavy atom. The van der Waals surface area contributed by atoms with Crippen molar-refractivity contribution in [3.63, 3.8) is 0 Å². The van der Waals surface area contributed by atoms with Crippen LogP contribution in [0.25, 0.3) is 0 Å². The van der Waals surface area contributed by atoms with Gasteiger partial charge in [0.2, 0.25) is 5.91 Å². The molecule has 0 spiro atoms. The van der Waals surface area contributed by atoms with Crippen LogP contribution >= 0.6 is 24.0 Å². The Balaban J connectivity index is 0.00000288. The van der Waals surface area contributed by atoms with Crippen LogP contribution in [0.3, 0.4) is 0 Å². The minimum Gasteiger partial charge on any atom is -0.486 e. The Hall–Kier alpha value is -1.17. The molecule has 24 heavy (non-hydrogen) atoms. The van der Waals surface area contributed by atoms with Crippen LogP contribution in [0.15, 0.2) is 12.1 Å². The van der Waals surface area contributed by atoms with Crippen molar-refractivity contribution in [1.82, 2.24) is 4.90 Å². The first-order valence-electron chi connectivity index (χ1n) is 7.96. The van der Waals surface area contributed by atoms with Crippen molar-refractivity contribution in [2.24, 2.45) is 11.7 Å². The average Bonchev–Trinajstić information content (AvgIpc) is 2.52. The van der Waals surface area contributed by atoms with Crippen molar-refractivity contribution in [3.8, 4) is 11.5 Å². The molecule has 0 aliphatic carbocycles. The van der Waals surface area contributed by atoms with Gasteiger partial charge in [0, 0.05) is 19.6 Å². The SMILES string of the molecule is CC(C)C(N)CCN(C)C(=O)Cc1cc(Cl)c2c(c1)OCCO2.Cl. The van der Waals surface area contributed by atoms with E-state index in [1.54, 1.807) is 18.0 Å². The van der Waals surface area contributed by atoms with Crippen LogP contribution in [0.4, 0.5) is 0 Å². The van der Waals surface area contributed by atoms with Crippen LogP contribution in [0.2, 0.25) is 5.02 Å². The van der Waals surface area contributed by atoms with Gasteiger partial charge in [0.05, 0.1) is 11.4 Å². The average molecular weight is 377 g/mol. The first kappa shape index (κ1) is 20.9. The van der Waals surface area contributed by atoms with E-state index in [1.165, 1.54) is 0 Å². The van der Waals surface area contributed by atoms with E-state index in [0.717, 1.165) is 12.0 Å². The molecule has 1 aromatic carbocycles. The number of hydrogen-bond acceptors (Lipinski definition) is 4. The lowest BCUT2D eigenvalue weighted by molar-refractivity contribution is -0.129. The zero-order valence-electron chi connectivity index (χ0n) is 14.4. The summed E-state index contributed by atoms with van der Waals surface area (Å²) in [4.78, 5) is 14.1. The van der Waals surface area contributed by atoms with Crippen LogP contribution in [-0.2, 0) is 11.2 Å². The van der Waals surface area contributed by atoms with Gasteiger partial charge < -0.3 is 20.1 Å². The lowest BCUT2D eigenvalue weighted by Gasteiger charge is -2.23. The zero-order valence-corrected chi connectivity index (χ0v) is 16.0. The van der Waals surface area contributed by atoms with Gasteiger partial charge in [0.25, 0.3) is 0 Å². The van der Waals surface area contributed by atoms with E-state index in [2.05, 4.69) is 13.8 Å². The van der Waals surface area contributed by atoms with Gasteiger partial charge in [-0.15, -0.1) is 12.4 Å². The number of rotatable bonds is 6. The van der Waals surface area contributed by atoms with E-state index in [4.69, 9.17) is 26.8 Å². The molecule has 1 aliphatic heterocycles. The second kappa shape index (κ2) is 9.35. The van der Waals surface area contributed by atoms with Gasteiger partial charge in [0.15, 0.2) is 11.5 Å². The maximum atomic E-state index is 12.3. The number of hydrogen-bond donors (Lipinski definition) is 1. The Morgan fingerprint density at radius 3 is 2.67 bits per heavy atom. The van der Waals surface area contributed by atoms with Crippen molar-refractivity contribution < 1.29 is 14.3 Å². The first-order valence-corrected chi connectivity index (χ1v) is 8.34. The second-order valence-electron chi connectivity index (χ2n) is 6.29. The third kappa shape index (κ3) is 5.43. The molecule has 0 aromatic heterocycles. The second-order valence-corrected chi connectivity index (χ2v) is 6.70. The molecule has 1 aromatic rings. The number of halogens is 2. The zero-order chi connectivity index (χ0) is 17.0. The molecule has 1 aliphatic rings. The summed E-state index contributed by atoms with van der Waals surface area (Å²) in [5.41, 5.74) is 6.85. The molecule has 1 amide bonds. The topological polar surface area (TPSA) is 64.8 Å². The number of nitrogens with two attached hydrogens (primary N) is 1. The number of fused-ring (bicyclic) bond motifs is 1. The maximum absolute atomic E-state index is 12.3. The molecule has 1 atom stereocenters. The molecular weight excluding hydrogens is 351 g/mol. The van der Waals surface area contributed by atoms with E-state index in [0.29, 0.717) is 42.2 Å². The van der Waals surface area contributed by atoms with Gasteiger partial charge in [-0.25, -0.2) is 0 Å². The monoisotopic (exact) mass is 376 g/mol. The van der Waals surface area contributed by atoms with Gasteiger partial charge in [-0.05, 0) is 30.0 Å². The summed E-state index contributed by atoms with van der Waals surface area (Å²) >= 11 is 6.20. The highest BCUT2D eigenvalue weighted by Gasteiger charge is 2.19. The number of nitrogens with zero attached hydrogens (tertiary/aromatic N) is 1. The molecule has 0 saturated heterocycles. The van der Waals surface area contributed by atoms with E-state index < -0.39 is 0 Å². The summed E-state index contributed by atoms with van der Waals surface area (Å²) in [6.45, 7) is 5.81. The van der Waals surface area contributed by atoms with Crippen molar-refractivity contribution in [2.45, 2.75) is 32.7 Å². The van der Waals surface area contributed by atoms with E-state index in [1.807, 2.05) is 6.07 Å². The van der Waals surface area contributed by atoms with E-state index in [9.17, 15) is 4.79 Å². The van der Waals surface area contributed by atoms with E-state index in [-0.39, 0.29) is 30.8 Å². The summed E-state index contributed by atoms with van der Waals surface area (Å²) in [6.07, 6.45) is 1.07. The highest BCUT2D eigenvalue weighted by atomic mass is 35.5. The quantitative estimate of drug-likeness (QED) is 0.828. The Kier molecular flexibility index (Phi) is 8.13. The van der Waals surface area contributed by atoms with Crippen LogP contribution in [0.5, 0.6) is 11.5 Å². The van der Waals surface area contributed by atoms with Crippen LogP contribution in [-0.4, -0.2) is 43.7 Å². The Bertz CT molecular complexity index is 567. The Morgan fingerprint density at radius 1 is 1.33 bits per heavy atom. The number of likely N-dealkylation sites (N-methyl/N-ethyl adjacent to an activating group) is 1. The van der Waals surface area contributed by atoms with Crippen molar-refractivity contribution in [3.05, 3.63) is 22.7 Å². The maximum Gasteiger partial charge on any atom is 0.226 e. The lowest BCUT2D eigenvalue weighted by Crippen LogP contribution is -2.35. The molecule has 1 unspecified atom stereocenters. The fraction of sp³-hybridized carbons (Fsp3) is 0.588. The minimum absolute atomic E-state index is 0. The van der Waals surface area contributed by atoms with Gasteiger partial charge in [-0.2, -0.15) is 0 Å². The summed E-state index contributed by atoms with van der Waals surface area (Å²) in [5.74, 6) is 1.62. The van der Waals surface area contributed by atoms with Crippen LogP contribution < -0.4 is 15.2 Å². The highest BCUT2D eigenvalue weighted by Crippen LogP contribution is 2.38. The van der Waals surface area contributed by atoms with Gasteiger partial charge in [-0.3, -0.25) is 4.79 Å². The molecule has 7 heteroatoms. The summed E-state index contributed by atoms with van der Waals surface area (Å²) in [6, 6.07) is 3.70. The fourth-order valence-corrected chi connectivity index (χ4v) is 2.66. The van der Waals surface area contributed by atoms with Crippen molar-refractivity contribution >= 4 is 29.9 Å². The molecule has 0 saturated carbocycles. The summed E-state index contributed by atoms with van der Waals surface area (Å²) in [7, 11) is 1.80. The van der Waals surface area contributed by atoms with Gasteiger partial charge in [-0.1, -0.05) is 25.4 Å². The van der Waals surface area contributed by atoms with Crippen LogP contribution in [0, 0.1) is 5.92 Å². The number of amides is 1. The molecule has 5 nitrogen and oxygen atoms in total. The number of carbonyl (C=O) groups is 1. The predicted octanol–water partition coefficient (Wildman–Crippen LogP) is 2.91. The highest BCUT2D eigenvalue weighted by molar-refractivity contribution is 6.32. The third-order valence-corrected chi connectivity index (χ3v) is 4.37. The van der Waals surface area contributed by atoms with Crippen molar-refractivity contribution in [2.75, 3.05) is 26.8 Å². The standard InChI is InChI=1S/C17H25ClN2O3.ClH/c1-11(2)14(19)4-5-20(3)16(21)10-12-8-13(18)17-15(9-12)22-6-7-23-17;/h8-9,11,14H,4-7,10,19H2,1-3H3;1H. The Labute approximate surface area is 154 Å². The molecule has 2 rings (SSSR count). The first-order chi connectivity index (χ1) is 10.9. The molecule has 0 radical (unpaired) electrons. The predicted molar refractivity (Wildman–Crippen MR) is 98.5 cm³/mol. The minimum atomic E-state index is 0. The summed E-state index contributed by atoms with van der Waals surface area (Å²) in [5, 5.41) is 0.481.